The first-order valence-corrected chi connectivity index (χ1v) is 7.17. The van der Waals surface area contributed by atoms with Crippen LogP contribution in [0.2, 0.25) is 0 Å². The van der Waals surface area contributed by atoms with E-state index >= 15 is 0 Å². The van der Waals surface area contributed by atoms with Crippen LogP contribution in [0.25, 0.3) is 0 Å². The molecule has 0 fully saturated rings. The average Bonchev–Trinajstić information content (AvgIpc) is 2.48. The Labute approximate surface area is 125 Å². The summed E-state index contributed by atoms with van der Waals surface area (Å²) in [4.78, 5) is 23.6. The highest BCUT2D eigenvalue weighted by Crippen LogP contribution is 2.13. The largest absolute Gasteiger partial charge is 0.422 e. The number of hydrogen-bond donors (Lipinski definition) is 0. The third kappa shape index (κ3) is 6.25. The SMILES string of the molecule is C=C(C)C(=O)OC(CCCCC)OC(=O)c1ccccc1. The highest BCUT2D eigenvalue weighted by Gasteiger charge is 2.20. The molecule has 0 N–H and O–H groups in total. The number of carbonyl (C=O) groups is 2. The van der Waals surface area contributed by atoms with Crippen molar-refractivity contribution in [3.8, 4) is 0 Å². The number of benzene rings is 1. The maximum Gasteiger partial charge on any atom is 0.341 e. The molecule has 1 aromatic carbocycles. The summed E-state index contributed by atoms with van der Waals surface area (Å²) in [5.41, 5.74) is 0.718. The molecule has 0 saturated heterocycles. The lowest BCUT2D eigenvalue weighted by molar-refractivity contribution is -0.164. The Morgan fingerprint density at radius 3 is 2.38 bits per heavy atom. The quantitative estimate of drug-likeness (QED) is 0.316. The van der Waals surface area contributed by atoms with Crippen LogP contribution in [-0.4, -0.2) is 18.2 Å². The molecule has 1 unspecified atom stereocenters. The van der Waals surface area contributed by atoms with Gasteiger partial charge in [0, 0.05) is 12.0 Å². The molecule has 4 nitrogen and oxygen atoms in total. The van der Waals surface area contributed by atoms with Gasteiger partial charge in [0.1, 0.15) is 0 Å². The summed E-state index contributed by atoms with van der Waals surface area (Å²) >= 11 is 0. The smallest absolute Gasteiger partial charge is 0.341 e. The van der Waals surface area contributed by atoms with Gasteiger partial charge >= 0.3 is 11.9 Å². The van der Waals surface area contributed by atoms with E-state index in [1.807, 2.05) is 6.07 Å². The van der Waals surface area contributed by atoms with Crippen LogP contribution in [0.15, 0.2) is 42.5 Å². The molecule has 0 spiro atoms. The van der Waals surface area contributed by atoms with E-state index in [0.29, 0.717) is 12.0 Å². The zero-order chi connectivity index (χ0) is 15.7. The Hall–Kier alpha value is -2.10. The summed E-state index contributed by atoms with van der Waals surface area (Å²) in [6.07, 6.45) is 2.48. The monoisotopic (exact) mass is 290 g/mol. The van der Waals surface area contributed by atoms with Crippen molar-refractivity contribution >= 4 is 11.9 Å². The fourth-order valence-electron chi connectivity index (χ4n) is 1.68. The number of rotatable bonds is 8. The fourth-order valence-corrected chi connectivity index (χ4v) is 1.68. The summed E-state index contributed by atoms with van der Waals surface area (Å²) < 4.78 is 10.4. The van der Waals surface area contributed by atoms with E-state index in [-0.39, 0.29) is 5.57 Å². The number of esters is 2. The molecule has 114 valence electrons. The van der Waals surface area contributed by atoms with Crippen molar-refractivity contribution < 1.29 is 19.1 Å². The van der Waals surface area contributed by atoms with Gasteiger partial charge in [0.05, 0.1) is 5.56 Å². The molecule has 0 bridgehead atoms. The zero-order valence-electron chi connectivity index (χ0n) is 12.6. The molecule has 0 aromatic heterocycles. The van der Waals surface area contributed by atoms with Gasteiger partial charge < -0.3 is 9.47 Å². The molecule has 0 aliphatic carbocycles. The normalized spacial score (nSPS) is 11.5. The van der Waals surface area contributed by atoms with Crippen LogP contribution < -0.4 is 0 Å². The molecule has 0 amide bonds. The summed E-state index contributed by atoms with van der Waals surface area (Å²) in [6, 6.07) is 8.64. The summed E-state index contributed by atoms with van der Waals surface area (Å²) in [5.74, 6) is -1.04. The maximum atomic E-state index is 12.0. The van der Waals surface area contributed by atoms with Gasteiger partial charge in [-0.2, -0.15) is 0 Å². The van der Waals surface area contributed by atoms with Crippen LogP contribution in [-0.2, 0) is 14.3 Å². The lowest BCUT2D eigenvalue weighted by Crippen LogP contribution is -2.25. The van der Waals surface area contributed by atoms with E-state index in [0.717, 1.165) is 19.3 Å². The van der Waals surface area contributed by atoms with Crippen LogP contribution in [0.3, 0.4) is 0 Å². The van der Waals surface area contributed by atoms with Crippen LogP contribution in [0.4, 0.5) is 0 Å². The summed E-state index contributed by atoms with van der Waals surface area (Å²) in [5, 5.41) is 0. The van der Waals surface area contributed by atoms with Gasteiger partial charge in [-0.25, -0.2) is 9.59 Å². The fraction of sp³-hybridized carbons (Fsp3) is 0.412. The number of ether oxygens (including phenoxy) is 2. The van der Waals surface area contributed by atoms with Gasteiger partial charge in [-0.1, -0.05) is 44.5 Å². The Kier molecular flexibility index (Phi) is 7.23. The second-order valence-corrected chi connectivity index (χ2v) is 4.88. The highest BCUT2D eigenvalue weighted by molar-refractivity contribution is 5.90. The molecular formula is C17H22O4. The summed E-state index contributed by atoms with van der Waals surface area (Å²) in [7, 11) is 0. The molecule has 0 aliphatic heterocycles. The van der Waals surface area contributed by atoms with Crippen molar-refractivity contribution in [3.63, 3.8) is 0 Å². The molecule has 1 atom stereocenters. The van der Waals surface area contributed by atoms with E-state index in [9.17, 15) is 9.59 Å². The molecule has 0 heterocycles. The van der Waals surface area contributed by atoms with Crippen LogP contribution >= 0.6 is 0 Å². The second kappa shape index (κ2) is 8.95. The molecule has 1 aromatic rings. The lowest BCUT2D eigenvalue weighted by atomic mass is 10.2. The van der Waals surface area contributed by atoms with Gasteiger partial charge in [0.15, 0.2) is 0 Å². The topological polar surface area (TPSA) is 52.6 Å². The van der Waals surface area contributed by atoms with Gasteiger partial charge in [-0.05, 0) is 25.5 Å². The Morgan fingerprint density at radius 1 is 1.14 bits per heavy atom. The third-order valence-electron chi connectivity index (χ3n) is 2.88. The van der Waals surface area contributed by atoms with Crippen molar-refractivity contribution in [1.29, 1.82) is 0 Å². The number of unbranched alkanes of at least 4 members (excludes halogenated alkanes) is 2. The molecule has 0 aliphatic rings. The first kappa shape index (κ1) is 17.0. The minimum atomic E-state index is -0.867. The van der Waals surface area contributed by atoms with Crippen LogP contribution in [0.5, 0.6) is 0 Å². The van der Waals surface area contributed by atoms with Gasteiger partial charge in [-0.3, -0.25) is 0 Å². The van der Waals surface area contributed by atoms with Crippen molar-refractivity contribution in [1.82, 2.24) is 0 Å². The average molecular weight is 290 g/mol. The lowest BCUT2D eigenvalue weighted by Gasteiger charge is -2.18. The Bertz CT molecular complexity index is 479. The molecule has 0 radical (unpaired) electrons. The second-order valence-electron chi connectivity index (χ2n) is 4.88. The molecule has 21 heavy (non-hydrogen) atoms. The predicted octanol–water partition coefficient (Wildman–Crippen LogP) is 3.87. The molecule has 0 saturated carbocycles. The van der Waals surface area contributed by atoms with Crippen LogP contribution in [0.1, 0.15) is 49.9 Å². The number of carbonyl (C=O) groups excluding carboxylic acids is 2. The van der Waals surface area contributed by atoms with E-state index in [1.54, 1.807) is 31.2 Å². The minimum absolute atomic E-state index is 0.284. The first-order chi connectivity index (χ1) is 10.0. The maximum absolute atomic E-state index is 12.0. The van der Waals surface area contributed by atoms with Gasteiger partial charge in [0.2, 0.25) is 6.29 Å². The van der Waals surface area contributed by atoms with Crippen molar-refractivity contribution in [2.75, 3.05) is 0 Å². The van der Waals surface area contributed by atoms with E-state index in [2.05, 4.69) is 13.5 Å². The minimum Gasteiger partial charge on any atom is -0.422 e. The Balaban J connectivity index is 2.64. The van der Waals surface area contributed by atoms with Crippen molar-refractivity contribution in [2.24, 2.45) is 0 Å². The molecule has 1 rings (SSSR count). The van der Waals surface area contributed by atoms with Crippen LogP contribution in [0, 0.1) is 0 Å². The Morgan fingerprint density at radius 2 is 1.81 bits per heavy atom. The van der Waals surface area contributed by atoms with E-state index < -0.39 is 18.2 Å². The first-order valence-electron chi connectivity index (χ1n) is 7.17. The standard InChI is InChI=1S/C17H22O4/c1-4-5-7-12-15(20-16(18)13(2)3)21-17(19)14-10-8-6-9-11-14/h6,8-11,15H,2,4-5,7,12H2,1,3H3. The number of hydrogen-bond acceptors (Lipinski definition) is 4. The van der Waals surface area contributed by atoms with E-state index in [1.165, 1.54) is 0 Å². The molecule has 4 heteroatoms. The third-order valence-corrected chi connectivity index (χ3v) is 2.88. The molecular weight excluding hydrogens is 268 g/mol. The van der Waals surface area contributed by atoms with Gasteiger partial charge in [-0.15, -0.1) is 0 Å². The predicted molar refractivity (Wildman–Crippen MR) is 80.7 cm³/mol. The van der Waals surface area contributed by atoms with E-state index in [4.69, 9.17) is 9.47 Å². The van der Waals surface area contributed by atoms with Gasteiger partial charge in [0.25, 0.3) is 0 Å². The van der Waals surface area contributed by atoms with Crippen molar-refractivity contribution in [3.05, 3.63) is 48.0 Å². The van der Waals surface area contributed by atoms with Crippen molar-refractivity contribution in [2.45, 2.75) is 45.8 Å². The highest BCUT2D eigenvalue weighted by atomic mass is 16.7. The zero-order valence-corrected chi connectivity index (χ0v) is 12.6. The summed E-state index contributed by atoms with van der Waals surface area (Å²) in [6.45, 7) is 7.16.